The van der Waals surface area contributed by atoms with Crippen LogP contribution in [0.3, 0.4) is 0 Å². The molecule has 2 aliphatic rings. The van der Waals surface area contributed by atoms with Crippen LogP contribution in [0.5, 0.6) is 11.5 Å². The molecule has 0 spiro atoms. The minimum Gasteiger partial charge on any atom is -0.497 e. The number of aryl methyl sites for hydroxylation is 1. The van der Waals surface area contributed by atoms with Crippen molar-refractivity contribution in [1.82, 2.24) is 14.8 Å². The monoisotopic (exact) mass is 480 g/mol. The van der Waals surface area contributed by atoms with E-state index in [-0.39, 0.29) is 12.0 Å². The van der Waals surface area contributed by atoms with Crippen LogP contribution in [0.4, 0.5) is 5.95 Å². The zero-order chi connectivity index (χ0) is 24.8. The summed E-state index contributed by atoms with van der Waals surface area (Å²) in [5, 5.41) is 8.07. The summed E-state index contributed by atoms with van der Waals surface area (Å²) < 4.78 is 18.8. The summed E-state index contributed by atoms with van der Waals surface area (Å²) in [6.45, 7) is 2.06. The van der Waals surface area contributed by atoms with Crippen LogP contribution in [0.15, 0.2) is 78.6 Å². The Morgan fingerprint density at radius 3 is 2.47 bits per heavy atom. The molecule has 4 aromatic rings. The lowest BCUT2D eigenvalue weighted by atomic mass is 9.84. The summed E-state index contributed by atoms with van der Waals surface area (Å²) in [4.78, 5) is 16.5. The van der Waals surface area contributed by atoms with Crippen LogP contribution in [0, 0.1) is 6.92 Å². The zero-order valence-corrected chi connectivity index (χ0v) is 20.1. The molecule has 8 nitrogen and oxygen atoms in total. The third-order valence-electron chi connectivity index (χ3n) is 6.64. The molecule has 3 aromatic carbocycles. The summed E-state index contributed by atoms with van der Waals surface area (Å²) >= 11 is 0. The number of rotatable bonds is 4. The predicted molar refractivity (Wildman–Crippen MR) is 134 cm³/mol. The van der Waals surface area contributed by atoms with Gasteiger partial charge in [0.15, 0.2) is 0 Å². The SMILES string of the molecule is COC(=O)c1ccc([C@@H]2Oc3ccc(C)cc3C3=C2[C@H](c2ccc(OC)cc2)n2ncnc2N3)cc1. The Bertz CT molecular complexity index is 1490. The number of carbonyl (C=O) groups is 1. The van der Waals surface area contributed by atoms with E-state index in [0.29, 0.717) is 11.5 Å². The van der Waals surface area contributed by atoms with Gasteiger partial charge in [-0.25, -0.2) is 9.48 Å². The van der Waals surface area contributed by atoms with Gasteiger partial charge in [0.05, 0.1) is 25.5 Å². The molecule has 1 aromatic heterocycles. The van der Waals surface area contributed by atoms with E-state index in [0.717, 1.165) is 45.0 Å². The lowest BCUT2D eigenvalue weighted by Gasteiger charge is -2.39. The molecule has 0 aliphatic carbocycles. The molecule has 0 saturated carbocycles. The topological polar surface area (TPSA) is 87.5 Å². The molecular formula is C28H24N4O4. The molecule has 0 bridgehead atoms. The van der Waals surface area contributed by atoms with Crippen molar-refractivity contribution in [2.24, 2.45) is 0 Å². The van der Waals surface area contributed by atoms with Gasteiger partial charge in [-0.05, 0) is 54.4 Å². The van der Waals surface area contributed by atoms with Gasteiger partial charge in [0.2, 0.25) is 5.95 Å². The highest BCUT2D eigenvalue weighted by Gasteiger charge is 2.41. The van der Waals surface area contributed by atoms with Crippen molar-refractivity contribution in [3.8, 4) is 11.5 Å². The fraction of sp³-hybridized carbons (Fsp3) is 0.179. The number of aromatic nitrogens is 3. The largest absolute Gasteiger partial charge is 0.497 e. The first-order valence-electron chi connectivity index (χ1n) is 11.6. The molecular weight excluding hydrogens is 456 g/mol. The summed E-state index contributed by atoms with van der Waals surface area (Å²) in [5.74, 6) is 1.82. The van der Waals surface area contributed by atoms with Crippen LogP contribution >= 0.6 is 0 Å². The average molecular weight is 481 g/mol. The first-order valence-corrected chi connectivity index (χ1v) is 11.6. The summed E-state index contributed by atoms with van der Waals surface area (Å²) in [6.07, 6.45) is 1.12. The molecule has 180 valence electrons. The third-order valence-corrected chi connectivity index (χ3v) is 6.64. The highest BCUT2D eigenvalue weighted by Crippen LogP contribution is 2.50. The van der Waals surface area contributed by atoms with E-state index < -0.39 is 6.10 Å². The molecule has 0 amide bonds. The lowest BCUT2D eigenvalue weighted by Crippen LogP contribution is -2.32. The number of fused-ring (bicyclic) bond motifs is 3. The smallest absolute Gasteiger partial charge is 0.337 e. The molecule has 0 unspecified atom stereocenters. The second kappa shape index (κ2) is 8.57. The summed E-state index contributed by atoms with van der Waals surface area (Å²) in [7, 11) is 3.03. The zero-order valence-electron chi connectivity index (χ0n) is 20.1. The van der Waals surface area contributed by atoms with Gasteiger partial charge in [0.1, 0.15) is 30.0 Å². The van der Waals surface area contributed by atoms with Gasteiger partial charge in [-0.1, -0.05) is 35.9 Å². The Morgan fingerprint density at radius 1 is 1.00 bits per heavy atom. The van der Waals surface area contributed by atoms with Crippen molar-refractivity contribution >= 4 is 17.6 Å². The van der Waals surface area contributed by atoms with Crippen molar-refractivity contribution in [2.75, 3.05) is 19.5 Å². The standard InChI is InChI=1S/C28H24N4O4/c1-16-4-13-22-21(14-16)24-23(26(36-22)18-5-7-19(8-6-18)27(33)35-3)25(32-28(31-24)29-15-30-32)17-9-11-20(34-2)12-10-17/h4-15,25-26H,1-3H3,(H,29,30,31)/t25-,26-/m0/s1. The molecule has 3 heterocycles. The van der Waals surface area contributed by atoms with E-state index in [4.69, 9.17) is 14.2 Å². The normalized spacial score (nSPS) is 17.8. The Labute approximate surface area is 208 Å². The van der Waals surface area contributed by atoms with Crippen molar-refractivity contribution in [3.05, 3.63) is 106 Å². The maximum atomic E-state index is 12.0. The van der Waals surface area contributed by atoms with E-state index in [2.05, 4.69) is 28.4 Å². The van der Waals surface area contributed by atoms with Crippen LogP contribution < -0.4 is 14.8 Å². The first kappa shape index (κ1) is 21.9. The van der Waals surface area contributed by atoms with Gasteiger partial charge in [0, 0.05) is 11.1 Å². The van der Waals surface area contributed by atoms with Crippen molar-refractivity contribution < 1.29 is 19.0 Å². The van der Waals surface area contributed by atoms with E-state index >= 15 is 0 Å². The molecule has 8 heteroatoms. The summed E-state index contributed by atoms with van der Waals surface area (Å²) in [5.41, 5.74) is 6.46. The van der Waals surface area contributed by atoms with Gasteiger partial charge in [-0.2, -0.15) is 10.1 Å². The third kappa shape index (κ3) is 3.50. The Kier molecular flexibility index (Phi) is 5.21. The number of esters is 1. The number of nitrogens with one attached hydrogen (secondary N) is 1. The minimum absolute atomic E-state index is 0.274. The van der Waals surface area contributed by atoms with Crippen LogP contribution in [0.2, 0.25) is 0 Å². The molecule has 0 radical (unpaired) electrons. The fourth-order valence-corrected chi connectivity index (χ4v) is 4.88. The summed E-state index contributed by atoms with van der Waals surface area (Å²) in [6, 6.07) is 21.2. The van der Waals surface area contributed by atoms with Crippen LogP contribution in [0.1, 0.15) is 44.8 Å². The number of ether oxygens (including phenoxy) is 3. The molecule has 6 rings (SSSR count). The van der Waals surface area contributed by atoms with Gasteiger partial charge in [-0.3, -0.25) is 0 Å². The Balaban J connectivity index is 1.56. The number of methoxy groups -OCH3 is 2. The molecule has 1 N–H and O–H groups in total. The maximum absolute atomic E-state index is 12.0. The number of hydrogen-bond donors (Lipinski definition) is 1. The van der Waals surface area contributed by atoms with Crippen LogP contribution in [-0.4, -0.2) is 35.0 Å². The van der Waals surface area contributed by atoms with Gasteiger partial charge >= 0.3 is 5.97 Å². The molecule has 2 aliphatic heterocycles. The van der Waals surface area contributed by atoms with Crippen molar-refractivity contribution in [1.29, 1.82) is 0 Å². The van der Waals surface area contributed by atoms with Gasteiger partial charge in [-0.15, -0.1) is 0 Å². The highest BCUT2D eigenvalue weighted by atomic mass is 16.5. The highest BCUT2D eigenvalue weighted by molar-refractivity contribution is 5.89. The molecule has 36 heavy (non-hydrogen) atoms. The number of nitrogens with zero attached hydrogens (tertiary/aromatic N) is 3. The van der Waals surface area contributed by atoms with E-state index in [1.165, 1.54) is 7.11 Å². The number of hydrogen-bond acceptors (Lipinski definition) is 7. The van der Waals surface area contributed by atoms with E-state index in [1.807, 2.05) is 53.2 Å². The minimum atomic E-state index is -0.432. The van der Waals surface area contributed by atoms with Crippen molar-refractivity contribution in [3.63, 3.8) is 0 Å². The van der Waals surface area contributed by atoms with Crippen molar-refractivity contribution in [2.45, 2.75) is 19.1 Å². The Hall–Kier alpha value is -4.59. The molecule has 0 fully saturated rings. The number of anilines is 1. The second-order valence-corrected chi connectivity index (χ2v) is 8.77. The Morgan fingerprint density at radius 2 is 1.75 bits per heavy atom. The number of carbonyl (C=O) groups excluding carboxylic acids is 1. The molecule has 0 saturated heterocycles. The van der Waals surface area contributed by atoms with Gasteiger partial charge in [0.25, 0.3) is 0 Å². The fourth-order valence-electron chi connectivity index (χ4n) is 4.88. The molecule has 2 atom stereocenters. The first-order chi connectivity index (χ1) is 17.6. The van der Waals surface area contributed by atoms with E-state index in [9.17, 15) is 4.79 Å². The quantitative estimate of drug-likeness (QED) is 0.414. The maximum Gasteiger partial charge on any atom is 0.337 e. The average Bonchev–Trinajstić information content (AvgIpc) is 3.39. The number of benzene rings is 3. The van der Waals surface area contributed by atoms with Crippen LogP contribution in [-0.2, 0) is 4.74 Å². The lowest BCUT2D eigenvalue weighted by molar-refractivity contribution is 0.0600. The van der Waals surface area contributed by atoms with Crippen LogP contribution in [0.25, 0.3) is 5.70 Å². The van der Waals surface area contributed by atoms with Gasteiger partial charge < -0.3 is 19.5 Å². The van der Waals surface area contributed by atoms with E-state index in [1.54, 1.807) is 25.6 Å². The second-order valence-electron chi connectivity index (χ2n) is 8.77. The predicted octanol–water partition coefficient (Wildman–Crippen LogP) is 4.94.